The number of aromatic amines is 1. The molecule has 0 aliphatic carbocycles. The van der Waals surface area contributed by atoms with Crippen molar-refractivity contribution in [2.24, 2.45) is 0 Å². The Hall–Kier alpha value is -3.16. The van der Waals surface area contributed by atoms with Crippen molar-refractivity contribution in [3.63, 3.8) is 0 Å². The second kappa shape index (κ2) is 6.99. The molecule has 3 rings (SSSR count). The number of para-hydroxylation sites is 1. The zero-order valence-electron chi connectivity index (χ0n) is 14.3. The lowest BCUT2D eigenvalue weighted by Crippen LogP contribution is -2.54. The number of rotatable bonds is 4. The molecule has 0 radical (unpaired) electrons. The number of aromatic nitrogens is 2. The van der Waals surface area contributed by atoms with E-state index < -0.39 is 17.1 Å². The summed E-state index contributed by atoms with van der Waals surface area (Å²) < 4.78 is 5.88. The third kappa shape index (κ3) is 3.44. The second-order valence-corrected chi connectivity index (χ2v) is 6.27. The van der Waals surface area contributed by atoms with Crippen LogP contribution in [0, 0.1) is 6.92 Å². The number of ether oxygens (including phenoxy) is 1. The Morgan fingerprint density at radius 1 is 1.19 bits per heavy atom. The molecule has 1 fully saturated rings. The molecular formula is C18H19N3O5. The van der Waals surface area contributed by atoms with Crippen LogP contribution in [0.4, 0.5) is 0 Å². The Balaban J connectivity index is 1.74. The van der Waals surface area contributed by atoms with E-state index >= 15 is 0 Å². The number of carboxylic acid groups (broad SMARTS) is 1. The largest absolute Gasteiger partial charge is 0.478 e. The Bertz CT molecular complexity index is 864. The van der Waals surface area contributed by atoms with Crippen LogP contribution in [0.3, 0.4) is 0 Å². The average Bonchev–Trinajstić information content (AvgIpc) is 2.64. The molecule has 0 bridgehead atoms. The Labute approximate surface area is 149 Å². The summed E-state index contributed by atoms with van der Waals surface area (Å²) in [5.41, 5.74) is -0.797. The van der Waals surface area contributed by atoms with Crippen LogP contribution in [0.15, 0.2) is 41.2 Å². The number of nitrogens with zero attached hydrogens (tertiary/aromatic N) is 2. The number of aryl methyl sites for hydroxylation is 1. The maximum atomic E-state index is 12.5. The molecule has 1 saturated heterocycles. The van der Waals surface area contributed by atoms with E-state index in [1.165, 1.54) is 17.0 Å². The highest BCUT2D eigenvalue weighted by atomic mass is 16.5. The number of nitrogens with one attached hydrogen (secondary N) is 1. The van der Waals surface area contributed by atoms with Crippen LogP contribution < -0.4 is 10.3 Å². The lowest BCUT2D eigenvalue weighted by atomic mass is 9.90. The molecule has 0 saturated carbocycles. The van der Waals surface area contributed by atoms with Gasteiger partial charge in [-0.2, -0.15) is 5.10 Å². The van der Waals surface area contributed by atoms with Gasteiger partial charge in [-0.3, -0.25) is 9.59 Å². The number of benzene rings is 1. The van der Waals surface area contributed by atoms with Gasteiger partial charge in [0.05, 0.1) is 0 Å². The van der Waals surface area contributed by atoms with Crippen molar-refractivity contribution < 1.29 is 19.4 Å². The number of carbonyl (C=O) groups is 2. The summed E-state index contributed by atoms with van der Waals surface area (Å²) in [5.74, 6) is -0.872. The minimum Gasteiger partial charge on any atom is -0.478 e. The average molecular weight is 357 g/mol. The predicted molar refractivity (Wildman–Crippen MR) is 92.2 cm³/mol. The van der Waals surface area contributed by atoms with Crippen LogP contribution >= 0.6 is 0 Å². The quantitative estimate of drug-likeness (QED) is 0.851. The van der Waals surface area contributed by atoms with E-state index in [0.29, 0.717) is 5.75 Å². The molecular weight excluding hydrogens is 338 g/mol. The highest BCUT2D eigenvalue weighted by Gasteiger charge is 2.45. The van der Waals surface area contributed by atoms with Gasteiger partial charge >= 0.3 is 5.97 Å². The smallest absolute Gasteiger partial charge is 0.348 e. The second-order valence-electron chi connectivity index (χ2n) is 6.27. The molecule has 0 spiro atoms. The van der Waals surface area contributed by atoms with Crippen LogP contribution in [0.25, 0.3) is 0 Å². The number of carbonyl (C=O) groups excluding carboxylic acids is 1. The third-order valence-electron chi connectivity index (χ3n) is 4.55. The van der Waals surface area contributed by atoms with Crippen molar-refractivity contribution in [1.82, 2.24) is 15.1 Å². The van der Waals surface area contributed by atoms with Gasteiger partial charge in [-0.25, -0.2) is 9.89 Å². The van der Waals surface area contributed by atoms with Gasteiger partial charge in [0, 0.05) is 32.0 Å². The van der Waals surface area contributed by atoms with Crippen molar-refractivity contribution in [3.05, 3.63) is 58.0 Å². The lowest BCUT2D eigenvalue weighted by Gasteiger charge is -2.39. The molecule has 0 atom stereocenters. The van der Waals surface area contributed by atoms with Crippen molar-refractivity contribution >= 4 is 11.9 Å². The first-order valence-corrected chi connectivity index (χ1v) is 8.24. The van der Waals surface area contributed by atoms with E-state index in [1.54, 1.807) is 12.1 Å². The van der Waals surface area contributed by atoms with Gasteiger partial charge < -0.3 is 14.7 Å². The van der Waals surface area contributed by atoms with Gasteiger partial charge in [-0.05, 0) is 24.6 Å². The molecule has 1 aromatic carbocycles. The molecule has 1 amide bonds. The Morgan fingerprint density at radius 3 is 2.46 bits per heavy atom. The first kappa shape index (κ1) is 17.7. The standard InChI is InChI=1S/C18H19N3O5/c1-12-4-2-3-5-14(12)26-18(17(24)25)8-10-21(11-9-18)16(23)13-6-7-15(22)20-19-13/h2-7H,8-11H2,1H3,(H,20,22)(H,24,25). The van der Waals surface area contributed by atoms with Crippen molar-refractivity contribution in [3.8, 4) is 5.75 Å². The van der Waals surface area contributed by atoms with E-state index in [1.807, 2.05) is 19.1 Å². The number of aliphatic carboxylic acids is 1. The SMILES string of the molecule is Cc1ccccc1OC1(C(=O)O)CCN(C(=O)c2ccc(=O)[nH]n2)CC1. The monoisotopic (exact) mass is 357 g/mol. The van der Waals surface area contributed by atoms with E-state index in [2.05, 4.69) is 10.2 Å². The number of piperidine rings is 1. The fourth-order valence-corrected chi connectivity index (χ4v) is 2.94. The van der Waals surface area contributed by atoms with Crippen LogP contribution in [-0.2, 0) is 4.79 Å². The number of likely N-dealkylation sites (tertiary alicyclic amines) is 1. The van der Waals surface area contributed by atoms with E-state index in [0.717, 1.165) is 5.56 Å². The topological polar surface area (TPSA) is 113 Å². The van der Waals surface area contributed by atoms with Gasteiger partial charge in [-0.1, -0.05) is 18.2 Å². The van der Waals surface area contributed by atoms with Crippen molar-refractivity contribution in [1.29, 1.82) is 0 Å². The zero-order chi connectivity index (χ0) is 18.7. The molecule has 1 aromatic heterocycles. The highest BCUT2D eigenvalue weighted by Crippen LogP contribution is 2.31. The summed E-state index contributed by atoms with van der Waals surface area (Å²) in [4.78, 5) is 36.9. The molecule has 1 aliphatic rings. The minimum atomic E-state index is -1.37. The zero-order valence-corrected chi connectivity index (χ0v) is 14.3. The molecule has 2 heterocycles. The summed E-state index contributed by atoms with van der Waals surface area (Å²) in [7, 11) is 0. The first-order valence-electron chi connectivity index (χ1n) is 8.24. The predicted octanol–water partition coefficient (Wildman–Crippen LogP) is 1.22. The van der Waals surface area contributed by atoms with E-state index in [4.69, 9.17) is 4.74 Å². The van der Waals surface area contributed by atoms with Gasteiger partial charge in [0.2, 0.25) is 5.60 Å². The fourth-order valence-electron chi connectivity index (χ4n) is 2.94. The van der Waals surface area contributed by atoms with E-state index in [-0.39, 0.29) is 37.5 Å². The molecule has 1 aliphatic heterocycles. The summed E-state index contributed by atoms with van der Waals surface area (Å²) in [6, 6.07) is 9.82. The molecule has 2 N–H and O–H groups in total. The molecule has 8 nitrogen and oxygen atoms in total. The maximum absolute atomic E-state index is 12.5. The van der Waals surface area contributed by atoms with Crippen LogP contribution in [0.5, 0.6) is 5.75 Å². The number of carboxylic acids is 1. The highest BCUT2D eigenvalue weighted by molar-refractivity contribution is 5.92. The van der Waals surface area contributed by atoms with Crippen molar-refractivity contribution in [2.45, 2.75) is 25.4 Å². The summed E-state index contributed by atoms with van der Waals surface area (Å²) in [6.45, 7) is 2.29. The first-order chi connectivity index (χ1) is 12.4. The summed E-state index contributed by atoms with van der Waals surface area (Å²) in [5, 5.41) is 15.7. The van der Waals surface area contributed by atoms with Crippen LogP contribution in [-0.4, -0.2) is 50.8 Å². The minimum absolute atomic E-state index is 0.118. The van der Waals surface area contributed by atoms with Gasteiger partial charge in [0.1, 0.15) is 11.4 Å². The maximum Gasteiger partial charge on any atom is 0.348 e. The molecule has 136 valence electrons. The van der Waals surface area contributed by atoms with Gasteiger partial charge in [0.25, 0.3) is 11.5 Å². The van der Waals surface area contributed by atoms with Crippen LogP contribution in [0.2, 0.25) is 0 Å². The molecule has 26 heavy (non-hydrogen) atoms. The van der Waals surface area contributed by atoms with Gasteiger partial charge in [-0.15, -0.1) is 0 Å². The fraction of sp³-hybridized carbons (Fsp3) is 0.333. The third-order valence-corrected chi connectivity index (χ3v) is 4.55. The number of amides is 1. The number of H-pyrrole nitrogens is 1. The Kier molecular flexibility index (Phi) is 4.75. The Morgan fingerprint density at radius 2 is 1.88 bits per heavy atom. The molecule has 2 aromatic rings. The summed E-state index contributed by atoms with van der Waals surface area (Å²) in [6.07, 6.45) is 0.317. The van der Waals surface area contributed by atoms with Crippen molar-refractivity contribution in [2.75, 3.05) is 13.1 Å². The normalized spacial score (nSPS) is 16.1. The van der Waals surface area contributed by atoms with E-state index in [9.17, 15) is 19.5 Å². The van der Waals surface area contributed by atoms with Gasteiger partial charge in [0.15, 0.2) is 0 Å². The molecule has 8 heteroatoms. The lowest BCUT2D eigenvalue weighted by molar-refractivity contribution is -0.159. The number of hydrogen-bond donors (Lipinski definition) is 2. The summed E-state index contributed by atoms with van der Waals surface area (Å²) >= 11 is 0. The number of hydrogen-bond acceptors (Lipinski definition) is 5. The molecule has 0 unspecified atom stereocenters. The van der Waals surface area contributed by atoms with Crippen LogP contribution in [0.1, 0.15) is 28.9 Å².